The largest absolute Gasteiger partial charge is 0.497 e. The summed E-state index contributed by atoms with van der Waals surface area (Å²) < 4.78 is 11.8. The minimum Gasteiger partial charge on any atom is -0.497 e. The number of nitrogens with one attached hydrogen (secondary N) is 2. The predicted molar refractivity (Wildman–Crippen MR) is 121 cm³/mol. The number of benzene rings is 2. The number of urea groups is 1. The molecule has 5 rings (SSSR count). The number of amides is 4. The van der Waals surface area contributed by atoms with Gasteiger partial charge in [-0.15, -0.1) is 11.3 Å². The van der Waals surface area contributed by atoms with Gasteiger partial charge in [0.15, 0.2) is 16.5 Å². The number of ether oxygens (including phenoxy) is 1. The second kappa shape index (κ2) is 7.75. The maximum absolute atomic E-state index is 13.0. The molecule has 1 unspecified atom stereocenters. The highest BCUT2D eigenvalue weighted by atomic mass is 32.1. The molecule has 2 aromatic heterocycles. The smallest absolute Gasteiger partial charge is 0.344 e. The first-order chi connectivity index (χ1) is 15.9. The molecule has 0 spiro atoms. The Bertz CT molecular complexity index is 1360. The van der Waals surface area contributed by atoms with Crippen molar-refractivity contribution in [2.75, 3.05) is 7.11 Å². The molecule has 0 bridgehead atoms. The van der Waals surface area contributed by atoms with E-state index in [9.17, 15) is 14.4 Å². The van der Waals surface area contributed by atoms with E-state index in [0.29, 0.717) is 27.1 Å². The number of aromatic nitrogens is 1. The van der Waals surface area contributed by atoms with E-state index in [1.807, 2.05) is 24.3 Å². The standard InChI is InChI=1S/C23H18N4O5S/c1-23(13-7-9-14(31-2)10-8-13)21(29)27(22(30)25-23)26-19(28)16-11-12-17(32-16)20-24-15-5-3-4-6-18(15)33-20/h3-12H,1-2H3,(H,25,30)(H,26,28). The normalized spacial score (nSPS) is 17.9. The first-order valence-electron chi connectivity index (χ1n) is 9.97. The number of para-hydroxylation sites is 1. The van der Waals surface area contributed by atoms with Crippen LogP contribution in [0.3, 0.4) is 0 Å². The summed E-state index contributed by atoms with van der Waals surface area (Å²) in [6.45, 7) is 1.57. The number of rotatable bonds is 5. The van der Waals surface area contributed by atoms with E-state index in [1.165, 1.54) is 24.5 Å². The van der Waals surface area contributed by atoms with E-state index in [2.05, 4.69) is 15.7 Å². The van der Waals surface area contributed by atoms with E-state index >= 15 is 0 Å². The van der Waals surface area contributed by atoms with Crippen molar-refractivity contribution in [3.05, 3.63) is 72.0 Å². The Morgan fingerprint density at radius 3 is 2.61 bits per heavy atom. The Morgan fingerprint density at radius 2 is 1.88 bits per heavy atom. The average Bonchev–Trinajstić information content (AvgIpc) is 3.53. The zero-order chi connectivity index (χ0) is 23.2. The van der Waals surface area contributed by atoms with Crippen LogP contribution in [0.1, 0.15) is 23.0 Å². The third kappa shape index (κ3) is 3.50. The fourth-order valence-corrected chi connectivity index (χ4v) is 4.50. The molecule has 3 heterocycles. The molecule has 1 atom stereocenters. The van der Waals surface area contributed by atoms with Crippen LogP contribution in [0.25, 0.3) is 21.0 Å². The van der Waals surface area contributed by atoms with Gasteiger partial charge < -0.3 is 14.5 Å². The van der Waals surface area contributed by atoms with Gasteiger partial charge in [-0.1, -0.05) is 24.3 Å². The molecule has 166 valence electrons. The van der Waals surface area contributed by atoms with E-state index in [1.54, 1.807) is 37.3 Å². The summed E-state index contributed by atoms with van der Waals surface area (Å²) in [5.74, 6) is -0.371. The van der Waals surface area contributed by atoms with Gasteiger partial charge in [0.1, 0.15) is 11.3 Å². The van der Waals surface area contributed by atoms with Gasteiger partial charge in [0, 0.05) is 0 Å². The summed E-state index contributed by atoms with van der Waals surface area (Å²) in [6.07, 6.45) is 0. The van der Waals surface area contributed by atoms with Crippen molar-refractivity contribution >= 4 is 39.4 Å². The number of hydrogen-bond donors (Lipinski definition) is 2. The number of thiazole rings is 1. The van der Waals surface area contributed by atoms with Crippen molar-refractivity contribution in [1.82, 2.24) is 20.7 Å². The predicted octanol–water partition coefficient (Wildman–Crippen LogP) is 3.68. The molecule has 2 aromatic carbocycles. The van der Waals surface area contributed by atoms with Crippen LogP contribution < -0.4 is 15.5 Å². The molecule has 9 nitrogen and oxygen atoms in total. The fourth-order valence-electron chi connectivity index (χ4n) is 3.57. The third-order valence-electron chi connectivity index (χ3n) is 5.41. The number of nitrogens with zero attached hydrogens (tertiary/aromatic N) is 2. The number of hydrazine groups is 1. The molecule has 4 amide bonds. The van der Waals surface area contributed by atoms with Crippen LogP contribution in [-0.4, -0.2) is 34.9 Å². The SMILES string of the molecule is COc1ccc(C2(C)NC(=O)N(NC(=O)c3ccc(-c4nc5ccccc5s4)o3)C2=O)cc1. The molecule has 1 saturated heterocycles. The first-order valence-corrected chi connectivity index (χ1v) is 10.8. The van der Waals surface area contributed by atoms with Crippen LogP contribution in [0, 0.1) is 0 Å². The second-order valence-corrected chi connectivity index (χ2v) is 8.55. The highest BCUT2D eigenvalue weighted by molar-refractivity contribution is 7.21. The molecule has 0 aliphatic carbocycles. The molecule has 1 aliphatic heterocycles. The summed E-state index contributed by atoms with van der Waals surface area (Å²) in [5.41, 5.74) is 2.37. The lowest BCUT2D eigenvalue weighted by Gasteiger charge is -2.22. The van der Waals surface area contributed by atoms with Crippen LogP contribution in [0.4, 0.5) is 4.79 Å². The van der Waals surface area contributed by atoms with Crippen molar-refractivity contribution in [1.29, 1.82) is 0 Å². The minimum absolute atomic E-state index is 0.0529. The summed E-state index contributed by atoms with van der Waals surface area (Å²) in [4.78, 5) is 42.8. The highest BCUT2D eigenvalue weighted by Gasteiger charge is 2.50. The van der Waals surface area contributed by atoms with Crippen molar-refractivity contribution < 1.29 is 23.5 Å². The number of imide groups is 1. The van der Waals surface area contributed by atoms with Crippen LogP contribution in [-0.2, 0) is 10.3 Å². The molecule has 1 fully saturated rings. The maximum atomic E-state index is 13.0. The zero-order valence-corrected chi connectivity index (χ0v) is 18.4. The van der Waals surface area contributed by atoms with Gasteiger partial charge in [0.25, 0.3) is 5.91 Å². The fraction of sp³-hybridized carbons (Fsp3) is 0.130. The van der Waals surface area contributed by atoms with Gasteiger partial charge in [-0.3, -0.25) is 9.59 Å². The van der Waals surface area contributed by atoms with E-state index in [4.69, 9.17) is 9.15 Å². The summed E-state index contributed by atoms with van der Waals surface area (Å²) in [5, 5.41) is 3.91. The molecule has 0 saturated carbocycles. The van der Waals surface area contributed by atoms with E-state index in [-0.39, 0.29) is 5.76 Å². The van der Waals surface area contributed by atoms with Crippen molar-refractivity contribution in [3.63, 3.8) is 0 Å². The monoisotopic (exact) mass is 462 g/mol. The maximum Gasteiger partial charge on any atom is 0.344 e. The lowest BCUT2D eigenvalue weighted by molar-refractivity contribution is -0.132. The summed E-state index contributed by atoms with van der Waals surface area (Å²) in [7, 11) is 1.54. The topological polar surface area (TPSA) is 114 Å². The Hall–Kier alpha value is -4.18. The van der Waals surface area contributed by atoms with Gasteiger partial charge >= 0.3 is 11.9 Å². The van der Waals surface area contributed by atoms with Crippen molar-refractivity contribution in [2.24, 2.45) is 0 Å². The molecule has 33 heavy (non-hydrogen) atoms. The zero-order valence-electron chi connectivity index (χ0n) is 17.6. The Morgan fingerprint density at radius 1 is 1.12 bits per heavy atom. The molecule has 0 radical (unpaired) electrons. The van der Waals surface area contributed by atoms with Gasteiger partial charge in [-0.2, -0.15) is 5.01 Å². The quantitative estimate of drug-likeness (QED) is 0.438. The van der Waals surface area contributed by atoms with Crippen molar-refractivity contribution in [3.8, 4) is 16.5 Å². The molecular weight excluding hydrogens is 444 g/mol. The van der Waals surface area contributed by atoms with Gasteiger partial charge in [0.2, 0.25) is 0 Å². The summed E-state index contributed by atoms with van der Waals surface area (Å²) >= 11 is 1.43. The number of furan rings is 1. The third-order valence-corrected chi connectivity index (χ3v) is 6.46. The number of methoxy groups -OCH3 is 1. The lowest BCUT2D eigenvalue weighted by Crippen LogP contribution is -2.47. The Balaban J connectivity index is 1.34. The number of carbonyl (C=O) groups excluding carboxylic acids is 3. The number of hydrogen-bond acceptors (Lipinski definition) is 7. The lowest BCUT2D eigenvalue weighted by atomic mass is 9.92. The average molecular weight is 462 g/mol. The number of fused-ring (bicyclic) bond motifs is 1. The van der Waals surface area contributed by atoms with Gasteiger partial charge in [-0.05, 0) is 48.9 Å². The molecule has 2 N–H and O–H groups in total. The molecule has 4 aromatic rings. The first kappa shape index (κ1) is 20.7. The van der Waals surface area contributed by atoms with Crippen LogP contribution >= 0.6 is 11.3 Å². The Kier molecular flexibility index (Phi) is 4.86. The van der Waals surface area contributed by atoms with Gasteiger partial charge in [-0.25, -0.2) is 15.2 Å². The van der Waals surface area contributed by atoms with Gasteiger partial charge in [0.05, 0.1) is 17.3 Å². The minimum atomic E-state index is -1.34. The van der Waals surface area contributed by atoms with E-state index < -0.39 is 23.4 Å². The van der Waals surface area contributed by atoms with Crippen LogP contribution in [0.5, 0.6) is 5.75 Å². The van der Waals surface area contributed by atoms with E-state index in [0.717, 1.165) is 10.2 Å². The van der Waals surface area contributed by atoms with Crippen LogP contribution in [0.15, 0.2) is 65.1 Å². The Labute approximate surface area is 191 Å². The highest BCUT2D eigenvalue weighted by Crippen LogP contribution is 2.32. The molecule has 1 aliphatic rings. The molecular formula is C23H18N4O5S. The van der Waals surface area contributed by atoms with Crippen molar-refractivity contribution in [2.45, 2.75) is 12.5 Å². The number of carbonyl (C=O) groups is 3. The molecule has 10 heteroatoms. The van der Waals surface area contributed by atoms with Crippen LogP contribution in [0.2, 0.25) is 0 Å². The second-order valence-electron chi connectivity index (χ2n) is 7.52. The summed E-state index contributed by atoms with van der Waals surface area (Å²) in [6, 6.07) is 16.7.